The van der Waals surface area contributed by atoms with Gasteiger partial charge in [0, 0.05) is 23.0 Å². The van der Waals surface area contributed by atoms with E-state index < -0.39 is 0 Å². The van der Waals surface area contributed by atoms with Gasteiger partial charge in [0.05, 0.1) is 30.0 Å². The van der Waals surface area contributed by atoms with Gasteiger partial charge in [0.1, 0.15) is 5.76 Å². The molecule has 0 spiro atoms. The Morgan fingerprint density at radius 2 is 2.25 bits per heavy atom. The lowest BCUT2D eigenvalue weighted by Gasteiger charge is -2.14. The number of carbonyl (C=O) groups excluding carboxylic acids is 1. The molecule has 0 bridgehead atoms. The summed E-state index contributed by atoms with van der Waals surface area (Å²) in [6.07, 6.45) is 5.00. The first-order valence-corrected chi connectivity index (χ1v) is 10.2. The molecule has 0 saturated carbocycles. The Kier molecular flexibility index (Phi) is 5.25. The maximum atomic E-state index is 12.9. The third kappa shape index (κ3) is 3.99. The number of rotatable bonds is 7. The van der Waals surface area contributed by atoms with Crippen molar-refractivity contribution in [2.75, 3.05) is 0 Å². The molecule has 0 aromatic carbocycles. The quantitative estimate of drug-likeness (QED) is 0.510. The topological polar surface area (TPSA) is 73.0 Å². The van der Waals surface area contributed by atoms with Crippen molar-refractivity contribution in [1.82, 2.24) is 20.1 Å². The SMILES string of the molecule is Cc1cc(C(=O)N[C@@H](C)CCc2ccco2)c2cnn(Cc3cccs3)c2n1. The number of carbonyl (C=O) groups is 1. The van der Waals surface area contributed by atoms with E-state index in [9.17, 15) is 4.79 Å². The van der Waals surface area contributed by atoms with E-state index in [1.807, 2.05) is 48.2 Å². The van der Waals surface area contributed by atoms with Gasteiger partial charge >= 0.3 is 0 Å². The number of nitrogens with zero attached hydrogens (tertiary/aromatic N) is 3. The van der Waals surface area contributed by atoms with Gasteiger partial charge in [-0.2, -0.15) is 5.10 Å². The number of aryl methyl sites for hydroxylation is 2. The van der Waals surface area contributed by atoms with Crippen molar-refractivity contribution in [3.8, 4) is 0 Å². The van der Waals surface area contributed by atoms with Crippen LogP contribution in [0, 0.1) is 6.92 Å². The van der Waals surface area contributed by atoms with E-state index >= 15 is 0 Å². The van der Waals surface area contributed by atoms with Gasteiger partial charge < -0.3 is 9.73 Å². The molecule has 0 saturated heterocycles. The van der Waals surface area contributed by atoms with Crippen LogP contribution in [0.5, 0.6) is 0 Å². The van der Waals surface area contributed by atoms with Crippen LogP contribution in [0.1, 0.15) is 40.0 Å². The van der Waals surface area contributed by atoms with E-state index in [-0.39, 0.29) is 11.9 Å². The average Bonchev–Trinajstić information content (AvgIpc) is 3.42. The maximum absolute atomic E-state index is 12.9. The van der Waals surface area contributed by atoms with E-state index in [0.29, 0.717) is 12.1 Å². The first-order valence-electron chi connectivity index (χ1n) is 9.29. The summed E-state index contributed by atoms with van der Waals surface area (Å²) >= 11 is 1.68. The summed E-state index contributed by atoms with van der Waals surface area (Å²) in [5.74, 6) is 0.830. The van der Waals surface area contributed by atoms with E-state index in [1.165, 1.54) is 4.88 Å². The highest BCUT2D eigenvalue weighted by Crippen LogP contribution is 2.21. The Hall–Kier alpha value is -2.93. The molecule has 144 valence electrons. The van der Waals surface area contributed by atoms with Crippen LogP contribution in [0.3, 0.4) is 0 Å². The third-order valence-corrected chi connectivity index (χ3v) is 5.51. The van der Waals surface area contributed by atoms with Gasteiger partial charge in [0.25, 0.3) is 5.91 Å². The second-order valence-corrected chi connectivity index (χ2v) is 7.95. The zero-order valence-corrected chi connectivity index (χ0v) is 16.7. The van der Waals surface area contributed by atoms with Gasteiger partial charge in [0.2, 0.25) is 0 Å². The minimum atomic E-state index is -0.0990. The van der Waals surface area contributed by atoms with Crippen molar-refractivity contribution in [3.63, 3.8) is 0 Å². The number of thiophene rings is 1. The normalized spacial score (nSPS) is 12.4. The number of aromatic nitrogens is 3. The van der Waals surface area contributed by atoms with Crippen LogP contribution in [0.15, 0.2) is 52.6 Å². The Labute approximate surface area is 167 Å². The molecule has 1 amide bonds. The number of furan rings is 1. The van der Waals surface area contributed by atoms with E-state index in [4.69, 9.17) is 4.42 Å². The zero-order valence-electron chi connectivity index (χ0n) is 15.9. The summed E-state index contributed by atoms with van der Waals surface area (Å²) in [5, 5.41) is 10.4. The molecular formula is C21H22N4O2S. The number of hydrogen-bond donors (Lipinski definition) is 1. The van der Waals surface area contributed by atoms with Crippen LogP contribution >= 0.6 is 11.3 Å². The van der Waals surface area contributed by atoms with Gasteiger partial charge in [-0.15, -0.1) is 11.3 Å². The van der Waals surface area contributed by atoms with Crippen molar-refractivity contribution >= 4 is 28.3 Å². The monoisotopic (exact) mass is 394 g/mol. The molecule has 0 aliphatic heterocycles. The van der Waals surface area contributed by atoms with Crippen LogP contribution in [0.2, 0.25) is 0 Å². The average molecular weight is 395 g/mol. The Bertz CT molecular complexity index is 1070. The van der Waals surface area contributed by atoms with E-state index in [1.54, 1.807) is 23.8 Å². The molecule has 0 fully saturated rings. The lowest BCUT2D eigenvalue weighted by Crippen LogP contribution is -2.33. The van der Waals surface area contributed by atoms with Crippen molar-refractivity contribution in [2.45, 2.75) is 39.3 Å². The molecule has 4 aromatic heterocycles. The highest BCUT2D eigenvalue weighted by atomic mass is 32.1. The van der Waals surface area contributed by atoms with Gasteiger partial charge in [-0.1, -0.05) is 6.07 Å². The molecular weight excluding hydrogens is 372 g/mol. The molecule has 4 rings (SSSR count). The molecule has 4 aromatic rings. The minimum absolute atomic E-state index is 0.0299. The molecule has 0 aliphatic rings. The third-order valence-electron chi connectivity index (χ3n) is 4.65. The fourth-order valence-electron chi connectivity index (χ4n) is 3.21. The summed E-state index contributed by atoms with van der Waals surface area (Å²) < 4.78 is 7.21. The van der Waals surface area contributed by atoms with Crippen LogP contribution in [0.4, 0.5) is 0 Å². The smallest absolute Gasteiger partial charge is 0.252 e. The standard InChI is InChI=1S/C21H22N4O2S/c1-14(7-8-16-5-3-9-27-16)24-21(26)18-11-15(2)23-20-19(18)12-22-25(20)13-17-6-4-10-28-17/h3-6,9-12,14H,7-8,13H2,1-2H3,(H,24,26)/t14-/m0/s1. The number of pyridine rings is 1. The van der Waals surface area contributed by atoms with Crippen molar-refractivity contribution < 1.29 is 9.21 Å². The van der Waals surface area contributed by atoms with Crippen LogP contribution in [-0.4, -0.2) is 26.7 Å². The summed E-state index contributed by atoms with van der Waals surface area (Å²) in [6.45, 7) is 4.56. The van der Waals surface area contributed by atoms with Gasteiger partial charge in [-0.25, -0.2) is 9.67 Å². The van der Waals surface area contributed by atoms with E-state index in [0.717, 1.165) is 35.3 Å². The zero-order chi connectivity index (χ0) is 19.5. The number of hydrogen-bond acceptors (Lipinski definition) is 5. The first kappa shape index (κ1) is 18.4. The number of nitrogens with one attached hydrogen (secondary N) is 1. The second-order valence-electron chi connectivity index (χ2n) is 6.92. The first-order chi connectivity index (χ1) is 13.6. The Balaban J connectivity index is 1.52. The molecule has 6 nitrogen and oxygen atoms in total. The second kappa shape index (κ2) is 7.98. The summed E-state index contributed by atoms with van der Waals surface area (Å²) in [7, 11) is 0. The van der Waals surface area contributed by atoms with E-state index in [2.05, 4.69) is 21.5 Å². The predicted octanol–water partition coefficient (Wildman–Crippen LogP) is 4.19. The molecule has 1 atom stereocenters. The summed E-state index contributed by atoms with van der Waals surface area (Å²) in [5.41, 5.74) is 2.15. The lowest BCUT2D eigenvalue weighted by molar-refractivity contribution is 0.0939. The molecule has 0 unspecified atom stereocenters. The molecule has 0 radical (unpaired) electrons. The Morgan fingerprint density at radius 1 is 1.36 bits per heavy atom. The van der Waals surface area contributed by atoms with Crippen LogP contribution in [0.25, 0.3) is 11.0 Å². The highest BCUT2D eigenvalue weighted by Gasteiger charge is 2.18. The molecule has 1 N–H and O–H groups in total. The molecule has 4 heterocycles. The van der Waals surface area contributed by atoms with Crippen molar-refractivity contribution in [2.24, 2.45) is 0 Å². The maximum Gasteiger partial charge on any atom is 0.252 e. The van der Waals surface area contributed by atoms with Crippen molar-refractivity contribution in [1.29, 1.82) is 0 Å². The van der Waals surface area contributed by atoms with Crippen LogP contribution in [-0.2, 0) is 13.0 Å². The fourth-order valence-corrected chi connectivity index (χ4v) is 3.90. The van der Waals surface area contributed by atoms with Crippen molar-refractivity contribution in [3.05, 3.63) is 70.1 Å². The van der Waals surface area contributed by atoms with Gasteiger partial charge in [-0.3, -0.25) is 4.79 Å². The molecule has 0 aliphatic carbocycles. The number of fused-ring (bicyclic) bond motifs is 1. The van der Waals surface area contributed by atoms with Crippen LogP contribution < -0.4 is 5.32 Å². The minimum Gasteiger partial charge on any atom is -0.469 e. The largest absolute Gasteiger partial charge is 0.469 e. The summed E-state index contributed by atoms with van der Waals surface area (Å²) in [6, 6.07) is 9.78. The Morgan fingerprint density at radius 3 is 3.00 bits per heavy atom. The fraction of sp³-hybridized carbons (Fsp3) is 0.286. The van der Waals surface area contributed by atoms with Gasteiger partial charge in [-0.05, 0) is 49.9 Å². The molecule has 28 heavy (non-hydrogen) atoms. The lowest BCUT2D eigenvalue weighted by atomic mass is 10.1. The predicted molar refractivity (Wildman–Crippen MR) is 110 cm³/mol. The molecule has 7 heteroatoms. The number of amides is 1. The summed E-state index contributed by atoms with van der Waals surface area (Å²) in [4.78, 5) is 18.7. The van der Waals surface area contributed by atoms with Gasteiger partial charge in [0.15, 0.2) is 5.65 Å². The highest BCUT2D eigenvalue weighted by molar-refractivity contribution is 7.09.